The zero-order chi connectivity index (χ0) is 25.9. The van der Waals surface area contributed by atoms with Gasteiger partial charge in [0.1, 0.15) is 16.5 Å². The minimum atomic E-state index is -0.255. The van der Waals surface area contributed by atoms with Gasteiger partial charge >= 0.3 is 0 Å². The molecule has 1 aliphatic carbocycles. The molecule has 0 radical (unpaired) electrons. The fourth-order valence-electron chi connectivity index (χ4n) is 4.88. The van der Waals surface area contributed by atoms with Crippen LogP contribution in [0.4, 0.5) is 10.7 Å². The van der Waals surface area contributed by atoms with E-state index in [4.69, 9.17) is 14.2 Å². The van der Waals surface area contributed by atoms with Gasteiger partial charge in [-0.15, -0.1) is 11.3 Å². The number of amides is 2. The van der Waals surface area contributed by atoms with Crippen LogP contribution in [-0.2, 0) is 22.4 Å². The summed E-state index contributed by atoms with van der Waals surface area (Å²) in [6, 6.07) is 5.28. The molecule has 1 fully saturated rings. The largest absolute Gasteiger partial charge is 0.497 e. The van der Waals surface area contributed by atoms with Crippen LogP contribution < -0.4 is 20.1 Å². The van der Waals surface area contributed by atoms with Crippen molar-refractivity contribution in [3.63, 3.8) is 0 Å². The number of thiophene rings is 1. The molecule has 2 N–H and O–H groups in total. The van der Waals surface area contributed by atoms with Crippen molar-refractivity contribution >= 4 is 33.8 Å². The van der Waals surface area contributed by atoms with Gasteiger partial charge < -0.3 is 24.8 Å². The maximum Gasteiger partial charge on any atom is 0.259 e. The Labute approximate surface area is 217 Å². The van der Waals surface area contributed by atoms with Gasteiger partial charge in [0, 0.05) is 24.0 Å². The summed E-state index contributed by atoms with van der Waals surface area (Å²) in [4.78, 5) is 29.9. The number of hydrogen-bond acceptors (Lipinski definition) is 7. The van der Waals surface area contributed by atoms with Crippen molar-refractivity contribution in [2.24, 2.45) is 11.3 Å². The first-order chi connectivity index (χ1) is 17.2. The van der Waals surface area contributed by atoms with E-state index in [1.54, 1.807) is 32.4 Å². The summed E-state index contributed by atoms with van der Waals surface area (Å²) >= 11 is 1.54. The van der Waals surface area contributed by atoms with Crippen molar-refractivity contribution in [2.75, 3.05) is 57.7 Å². The second kappa shape index (κ2) is 11.2. The lowest BCUT2D eigenvalue weighted by atomic mass is 9.72. The third kappa shape index (κ3) is 6.02. The van der Waals surface area contributed by atoms with Crippen LogP contribution in [0.15, 0.2) is 18.2 Å². The maximum atomic E-state index is 13.7. The molecule has 9 heteroatoms. The Morgan fingerprint density at radius 3 is 2.56 bits per heavy atom. The summed E-state index contributed by atoms with van der Waals surface area (Å²) in [7, 11) is 3.14. The third-order valence-corrected chi connectivity index (χ3v) is 8.27. The SMILES string of the molecule is COc1ccc(OC)c(NC(=O)c2c(NC(=O)CN3CCOCC3)sc3c2CCC(C(C)(C)C)C3)c1. The van der Waals surface area contributed by atoms with Gasteiger partial charge in [-0.3, -0.25) is 14.5 Å². The van der Waals surface area contributed by atoms with Crippen molar-refractivity contribution in [3.05, 3.63) is 34.2 Å². The van der Waals surface area contributed by atoms with Gasteiger partial charge in [0.05, 0.1) is 45.2 Å². The molecule has 1 unspecified atom stereocenters. The molecule has 4 rings (SSSR count). The molecular weight excluding hydrogens is 478 g/mol. The number of nitrogens with zero attached hydrogens (tertiary/aromatic N) is 1. The second-order valence-electron chi connectivity index (χ2n) is 10.5. The highest BCUT2D eigenvalue weighted by atomic mass is 32.1. The molecule has 196 valence electrons. The van der Waals surface area contributed by atoms with Crippen LogP contribution in [0.3, 0.4) is 0 Å². The van der Waals surface area contributed by atoms with E-state index in [9.17, 15) is 9.59 Å². The lowest BCUT2D eigenvalue weighted by Gasteiger charge is -2.33. The molecule has 36 heavy (non-hydrogen) atoms. The highest BCUT2D eigenvalue weighted by molar-refractivity contribution is 7.17. The van der Waals surface area contributed by atoms with Crippen LogP contribution in [0.5, 0.6) is 11.5 Å². The van der Waals surface area contributed by atoms with Crippen molar-refractivity contribution in [2.45, 2.75) is 40.0 Å². The quantitative estimate of drug-likeness (QED) is 0.567. The molecule has 2 heterocycles. The van der Waals surface area contributed by atoms with Gasteiger partial charge in [-0.05, 0) is 48.3 Å². The first-order valence-electron chi connectivity index (χ1n) is 12.5. The number of carbonyl (C=O) groups is 2. The van der Waals surface area contributed by atoms with E-state index in [2.05, 4.69) is 36.3 Å². The monoisotopic (exact) mass is 515 g/mol. The van der Waals surface area contributed by atoms with Gasteiger partial charge in [0.25, 0.3) is 5.91 Å². The molecule has 0 saturated carbocycles. The molecule has 1 saturated heterocycles. The lowest BCUT2D eigenvalue weighted by molar-refractivity contribution is -0.118. The van der Waals surface area contributed by atoms with E-state index in [1.165, 1.54) is 16.2 Å². The fraction of sp³-hybridized carbons (Fsp3) is 0.556. The second-order valence-corrected chi connectivity index (χ2v) is 11.6. The van der Waals surface area contributed by atoms with Crippen molar-refractivity contribution in [1.29, 1.82) is 0 Å². The lowest BCUT2D eigenvalue weighted by Crippen LogP contribution is -2.41. The maximum absolute atomic E-state index is 13.7. The zero-order valence-electron chi connectivity index (χ0n) is 21.9. The third-order valence-electron chi connectivity index (χ3n) is 7.10. The molecule has 1 aromatic carbocycles. The number of methoxy groups -OCH3 is 2. The summed E-state index contributed by atoms with van der Waals surface area (Å²) in [5.74, 6) is 1.31. The summed E-state index contributed by atoms with van der Waals surface area (Å²) in [5.41, 5.74) is 2.30. The van der Waals surface area contributed by atoms with E-state index in [-0.39, 0.29) is 23.8 Å². The highest BCUT2D eigenvalue weighted by Gasteiger charge is 2.34. The molecule has 8 nitrogen and oxygen atoms in total. The van der Waals surface area contributed by atoms with Crippen LogP contribution in [0.1, 0.15) is 48.0 Å². The molecule has 0 bridgehead atoms. The molecule has 1 aromatic heterocycles. The average molecular weight is 516 g/mol. The number of rotatable bonds is 7. The fourth-order valence-corrected chi connectivity index (χ4v) is 6.22. The Kier molecular flexibility index (Phi) is 8.22. The van der Waals surface area contributed by atoms with Gasteiger partial charge in [-0.2, -0.15) is 0 Å². The molecule has 1 aliphatic heterocycles. The van der Waals surface area contributed by atoms with Crippen LogP contribution in [0.25, 0.3) is 0 Å². The standard InChI is InChI=1S/C27H37N3O5S/c1-27(2,3)17-6-8-19-22(14-17)36-26(29-23(31)16-30-10-12-35-13-11-30)24(19)25(32)28-20-15-18(33-4)7-9-21(20)34-5/h7,9,15,17H,6,8,10-14,16H2,1-5H3,(H,28,32)(H,29,31). The Morgan fingerprint density at radius 2 is 1.89 bits per heavy atom. The number of benzene rings is 1. The number of ether oxygens (including phenoxy) is 3. The van der Waals surface area contributed by atoms with Gasteiger partial charge in [-0.25, -0.2) is 0 Å². The molecule has 2 aromatic rings. The zero-order valence-corrected chi connectivity index (χ0v) is 22.7. The van der Waals surface area contributed by atoms with E-state index in [1.807, 2.05) is 0 Å². The Bertz CT molecular complexity index is 1100. The number of nitrogens with one attached hydrogen (secondary N) is 2. The number of carbonyl (C=O) groups excluding carboxylic acids is 2. The van der Waals surface area contributed by atoms with Crippen molar-refractivity contribution in [3.8, 4) is 11.5 Å². The van der Waals surface area contributed by atoms with Crippen LogP contribution >= 0.6 is 11.3 Å². The molecular formula is C27H37N3O5S. The Hall–Kier alpha value is -2.62. The summed E-state index contributed by atoms with van der Waals surface area (Å²) < 4.78 is 16.2. The first kappa shape index (κ1) is 26.4. The van der Waals surface area contributed by atoms with Crippen LogP contribution in [-0.4, -0.2) is 63.8 Å². The van der Waals surface area contributed by atoms with Gasteiger partial charge in [0.15, 0.2) is 0 Å². The normalized spacial score (nSPS) is 18.3. The van der Waals surface area contributed by atoms with Crippen LogP contribution in [0, 0.1) is 11.3 Å². The number of morpholine rings is 1. The molecule has 2 amide bonds. The first-order valence-corrected chi connectivity index (χ1v) is 13.3. The topological polar surface area (TPSA) is 89.1 Å². The molecule has 0 spiro atoms. The number of fused-ring (bicyclic) bond motifs is 1. The number of hydrogen-bond donors (Lipinski definition) is 2. The van der Waals surface area contributed by atoms with E-state index >= 15 is 0 Å². The summed E-state index contributed by atoms with van der Waals surface area (Å²) in [5, 5.41) is 6.69. The average Bonchev–Trinajstić information content (AvgIpc) is 3.20. The predicted molar refractivity (Wildman–Crippen MR) is 143 cm³/mol. The minimum Gasteiger partial charge on any atom is -0.497 e. The minimum absolute atomic E-state index is 0.115. The predicted octanol–water partition coefficient (Wildman–Crippen LogP) is 4.44. The Balaban J connectivity index is 1.63. The smallest absolute Gasteiger partial charge is 0.259 e. The van der Waals surface area contributed by atoms with Crippen molar-refractivity contribution < 1.29 is 23.8 Å². The van der Waals surface area contributed by atoms with Gasteiger partial charge in [0.2, 0.25) is 5.91 Å². The van der Waals surface area contributed by atoms with E-state index in [0.29, 0.717) is 46.9 Å². The van der Waals surface area contributed by atoms with E-state index in [0.717, 1.165) is 37.9 Å². The summed E-state index contributed by atoms with van der Waals surface area (Å²) in [6.45, 7) is 9.80. The Morgan fingerprint density at radius 1 is 1.14 bits per heavy atom. The van der Waals surface area contributed by atoms with Gasteiger partial charge in [-0.1, -0.05) is 20.8 Å². The van der Waals surface area contributed by atoms with Crippen LogP contribution in [0.2, 0.25) is 0 Å². The summed E-state index contributed by atoms with van der Waals surface area (Å²) in [6.07, 6.45) is 2.73. The molecule has 1 atom stereocenters. The highest BCUT2D eigenvalue weighted by Crippen LogP contribution is 2.44. The van der Waals surface area contributed by atoms with Crippen molar-refractivity contribution in [1.82, 2.24) is 4.90 Å². The number of anilines is 2. The van der Waals surface area contributed by atoms with E-state index < -0.39 is 0 Å². The molecule has 2 aliphatic rings.